The summed E-state index contributed by atoms with van der Waals surface area (Å²) in [6.07, 6.45) is 0. The summed E-state index contributed by atoms with van der Waals surface area (Å²) in [5.74, 6) is 1.12. The van der Waals surface area contributed by atoms with E-state index in [4.69, 9.17) is 4.74 Å². The quantitative estimate of drug-likeness (QED) is 0.292. The summed E-state index contributed by atoms with van der Waals surface area (Å²) in [6, 6.07) is 37.8. The monoisotopic (exact) mass is 450 g/mol. The number of rotatable bonds is 3. The Labute approximate surface area is 203 Å². The Balaban J connectivity index is 1.71. The number of phenols is 1. The number of hydrogen-bond acceptors (Lipinski definition) is 2. The summed E-state index contributed by atoms with van der Waals surface area (Å²) in [5.41, 5.74) is 9.76. The van der Waals surface area contributed by atoms with Crippen LogP contribution in [0.15, 0.2) is 109 Å². The zero-order chi connectivity index (χ0) is 23.5. The standard InChI is InChI=1S/C33H22O2/c1-35-24-18-14-22(15-19-24)31-26-9-3-2-8-25(26)30(21-12-16-23(34)17-13-21)32-27-10-4-6-20-7-5-11-28(29(20)27)33(31)32/h2-19,34H,1H3. The molecular weight excluding hydrogens is 428 g/mol. The predicted octanol–water partition coefficient (Wildman–Crippen LogP) is 8.69. The van der Waals surface area contributed by atoms with Gasteiger partial charge >= 0.3 is 0 Å². The van der Waals surface area contributed by atoms with Gasteiger partial charge in [-0.2, -0.15) is 0 Å². The van der Waals surface area contributed by atoms with Gasteiger partial charge < -0.3 is 9.84 Å². The molecule has 0 aliphatic heterocycles. The van der Waals surface area contributed by atoms with E-state index in [1.165, 1.54) is 60.5 Å². The van der Waals surface area contributed by atoms with E-state index < -0.39 is 0 Å². The fourth-order valence-electron chi connectivity index (χ4n) is 5.72. The number of hydrogen-bond donors (Lipinski definition) is 1. The van der Waals surface area contributed by atoms with Gasteiger partial charge in [0, 0.05) is 0 Å². The van der Waals surface area contributed by atoms with Crippen LogP contribution in [-0.4, -0.2) is 12.2 Å². The number of fused-ring (bicyclic) bond motifs is 4. The molecule has 0 atom stereocenters. The van der Waals surface area contributed by atoms with E-state index >= 15 is 0 Å². The van der Waals surface area contributed by atoms with Crippen molar-refractivity contribution in [2.75, 3.05) is 7.11 Å². The van der Waals surface area contributed by atoms with Crippen LogP contribution < -0.4 is 4.74 Å². The largest absolute Gasteiger partial charge is 0.508 e. The Hall–Kier alpha value is -4.56. The highest BCUT2D eigenvalue weighted by molar-refractivity contribution is 6.27. The van der Waals surface area contributed by atoms with Crippen molar-refractivity contribution in [3.63, 3.8) is 0 Å². The molecule has 1 N–H and O–H groups in total. The fourth-order valence-corrected chi connectivity index (χ4v) is 5.72. The first-order valence-corrected chi connectivity index (χ1v) is 11.8. The number of methoxy groups -OCH3 is 1. The average molecular weight is 451 g/mol. The first-order valence-electron chi connectivity index (χ1n) is 11.8. The molecule has 166 valence electrons. The lowest BCUT2D eigenvalue weighted by atomic mass is 9.82. The number of aromatic hydroxyl groups is 1. The fraction of sp³-hybridized carbons (Fsp3) is 0.0303. The Kier molecular flexibility index (Phi) is 4.24. The van der Waals surface area contributed by atoms with Crippen LogP contribution in [0.5, 0.6) is 11.5 Å². The van der Waals surface area contributed by atoms with Gasteiger partial charge in [-0.3, -0.25) is 0 Å². The Bertz CT molecular complexity index is 1760. The molecule has 7 rings (SSSR count). The maximum Gasteiger partial charge on any atom is 0.118 e. The second-order valence-corrected chi connectivity index (χ2v) is 9.03. The zero-order valence-corrected chi connectivity index (χ0v) is 19.2. The van der Waals surface area contributed by atoms with Crippen molar-refractivity contribution >= 4 is 21.5 Å². The highest BCUT2D eigenvalue weighted by Gasteiger charge is 2.30. The maximum atomic E-state index is 10.0. The number of ether oxygens (including phenoxy) is 1. The molecule has 0 saturated carbocycles. The van der Waals surface area contributed by atoms with Crippen LogP contribution in [0.4, 0.5) is 0 Å². The molecule has 2 nitrogen and oxygen atoms in total. The molecule has 0 heterocycles. The summed E-state index contributed by atoms with van der Waals surface area (Å²) < 4.78 is 5.45. The van der Waals surface area contributed by atoms with Gasteiger partial charge in [-0.1, -0.05) is 84.9 Å². The SMILES string of the molecule is COc1ccc(-c2c3c(c(-c4ccc(O)cc4)c4ccccc24)-c2cccc4cccc-3c24)cc1. The van der Waals surface area contributed by atoms with Gasteiger partial charge in [0.05, 0.1) is 7.11 Å². The second-order valence-electron chi connectivity index (χ2n) is 9.03. The van der Waals surface area contributed by atoms with E-state index in [9.17, 15) is 5.11 Å². The molecule has 0 unspecified atom stereocenters. The third-order valence-electron chi connectivity index (χ3n) is 7.19. The minimum atomic E-state index is 0.273. The van der Waals surface area contributed by atoms with E-state index in [1.807, 2.05) is 24.3 Å². The van der Waals surface area contributed by atoms with E-state index in [1.54, 1.807) is 19.2 Å². The normalized spacial score (nSPS) is 11.7. The lowest BCUT2D eigenvalue weighted by Crippen LogP contribution is -1.93. The van der Waals surface area contributed by atoms with Gasteiger partial charge in [0.2, 0.25) is 0 Å². The summed E-state index contributed by atoms with van der Waals surface area (Å²) in [7, 11) is 1.70. The van der Waals surface area contributed by atoms with E-state index in [0.29, 0.717) is 0 Å². The lowest BCUT2D eigenvalue weighted by molar-refractivity contribution is 0.415. The molecule has 2 heteroatoms. The third kappa shape index (κ3) is 2.83. The minimum absolute atomic E-state index is 0.273. The van der Waals surface area contributed by atoms with Crippen molar-refractivity contribution in [1.82, 2.24) is 0 Å². The molecule has 6 aromatic carbocycles. The predicted molar refractivity (Wildman–Crippen MR) is 145 cm³/mol. The first-order chi connectivity index (χ1) is 17.2. The molecule has 6 aromatic rings. The van der Waals surface area contributed by atoms with Gasteiger partial charge in [-0.05, 0) is 90.3 Å². The van der Waals surface area contributed by atoms with Gasteiger partial charge in [0.25, 0.3) is 0 Å². The topological polar surface area (TPSA) is 29.5 Å². The van der Waals surface area contributed by atoms with Gasteiger partial charge in [-0.15, -0.1) is 0 Å². The van der Waals surface area contributed by atoms with Gasteiger partial charge in [-0.25, -0.2) is 0 Å². The molecule has 1 aliphatic rings. The molecule has 0 aromatic heterocycles. The summed E-state index contributed by atoms with van der Waals surface area (Å²) >= 11 is 0. The Morgan fingerprint density at radius 2 is 1.03 bits per heavy atom. The Morgan fingerprint density at radius 1 is 0.514 bits per heavy atom. The minimum Gasteiger partial charge on any atom is -0.508 e. The van der Waals surface area contributed by atoms with Crippen LogP contribution in [0.1, 0.15) is 0 Å². The Morgan fingerprint density at radius 3 is 1.54 bits per heavy atom. The molecule has 0 bridgehead atoms. The van der Waals surface area contributed by atoms with Crippen LogP contribution >= 0.6 is 0 Å². The van der Waals surface area contributed by atoms with Crippen LogP contribution in [0.2, 0.25) is 0 Å². The molecule has 0 saturated heterocycles. The zero-order valence-electron chi connectivity index (χ0n) is 19.2. The van der Waals surface area contributed by atoms with Crippen molar-refractivity contribution < 1.29 is 9.84 Å². The van der Waals surface area contributed by atoms with E-state index in [0.717, 1.165) is 11.3 Å². The molecule has 35 heavy (non-hydrogen) atoms. The van der Waals surface area contributed by atoms with Gasteiger partial charge in [0.1, 0.15) is 11.5 Å². The molecule has 1 aliphatic carbocycles. The second kappa shape index (κ2) is 7.48. The summed E-state index contributed by atoms with van der Waals surface area (Å²) in [5, 5.41) is 15.0. The molecule has 0 fully saturated rings. The van der Waals surface area contributed by atoms with Crippen molar-refractivity contribution in [2.45, 2.75) is 0 Å². The highest BCUT2D eigenvalue weighted by Crippen LogP contribution is 2.57. The summed E-state index contributed by atoms with van der Waals surface area (Å²) in [4.78, 5) is 0. The van der Waals surface area contributed by atoms with Crippen molar-refractivity contribution in [1.29, 1.82) is 0 Å². The molecular formula is C33H22O2. The van der Waals surface area contributed by atoms with Gasteiger partial charge in [0.15, 0.2) is 0 Å². The van der Waals surface area contributed by atoms with Crippen LogP contribution in [0.3, 0.4) is 0 Å². The number of phenolic OH excluding ortho intramolecular Hbond substituents is 1. The van der Waals surface area contributed by atoms with Crippen LogP contribution in [0, 0.1) is 0 Å². The van der Waals surface area contributed by atoms with Crippen LogP contribution in [0.25, 0.3) is 66.1 Å². The van der Waals surface area contributed by atoms with E-state index in [-0.39, 0.29) is 5.75 Å². The smallest absolute Gasteiger partial charge is 0.118 e. The van der Waals surface area contributed by atoms with E-state index in [2.05, 4.69) is 72.8 Å². The van der Waals surface area contributed by atoms with Crippen molar-refractivity contribution in [3.05, 3.63) is 109 Å². The molecule has 0 amide bonds. The average Bonchev–Trinajstić information content (AvgIpc) is 3.24. The third-order valence-corrected chi connectivity index (χ3v) is 7.19. The lowest BCUT2D eigenvalue weighted by Gasteiger charge is -2.20. The van der Waals surface area contributed by atoms with Crippen molar-refractivity contribution in [3.8, 4) is 56.0 Å². The first kappa shape index (κ1) is 19.9. The molecule has 0 radical (unpaired) electrons. The number of benzene rings is 6. The molecule has 0 spiro atoms. The van der Waals surface area contributed by atoms with Crippen LogP contribution in [-0.2, 0) is 0 Å². The highest BCUT2D eigenvalue weighted by atomic mass is 16.5. The maximum absolute atomic E-state index is 10.0. The van der Waals surface area contributed by atoms with Crippen molar-refractivity contribution in [2.24, 2.45) is 0 Å². The summed E-state index contributed by atoms with van der Waals surface area (Å²) in [6.45, 7) is 0.